The van der Waals surface area contributed by atoms with Crippen LogP contribution in [0, 0.1) is 0 Å². The molecule has 2 aromatic heterocycles. The van der Waals surface area contributed by atoms with Gasteiger partial charge in [0.25, 0.3) is 0 Å². The second-order valence-corrected chi connectivity index (χ2v) is 5.27. The fraction of sp³-hybridized carbons (Fsp3) is 0.400. The van der Waals surface area contributed by atoms with Crippen molar-refractivity contribution in [1.29, 1.82) is 0 Å². The Morgan fingerprint density at radius 1 is 1.47 bits per heavy atom. The van der Waals surface area contributed by atoms with Gasteiger partial charge in [0.05, 0.1) is 11.7 Å². The highest BCUT2D eigenvalue weighted by atomic mass is 35.5. The van der Waals surface area contributed by atoms with Crippen LogP contribution >= 0.6 is 23.4 Å². The number of halogens is 1. The van der Waals surface area contributed by atoms with Crippen LogP contribution in [0.4, 0.5) is 0 Å². The van der Waals surface area contributed by atoms with Crippen LogP contribution in [0.1, 0.15) is 24.6 Å². The van der Waals surface area contributed by atoms with Crippen molar-refractivity contribution in [3.8, 4) is 0 Å². The Labute approximate surface area is 108 Å². The van der Waals surface area contributed by atoms with E-state index in [0.717, 1.165) is 16.6 Å². The second-order valence-electron chi connectivity index (χ2n) is 3.89. The first-order valence-corrected chi connectivity index (χ1v) is 6.70. The maximum absolute atomic E-state index is 5.90. The molecule has 7 heteroatoms. The lowest BCUT2D eigenvalue weighted by Gasteiger charge is -2.02. The van der Waals surface area contributed by atoms with E-state index >= 15 is 0 Å². The second kappa shape index (κ2) is 4.62. The summed E-state index contributed by atoms with van der Waals surface area (Å²) >= 11 is 7.49. The number of hydrogen-bond donors (Lipinski definition) is 0. The molecule has 0 spiro atoms. The molecular weight excluding hydrogens is 258 g/mol. The Hall–Kier alpha value is -1.14. The molecule has 1 saturated carbocycles. The Morgan fingerprint density at radius 2 is 2.35 bits per heavy atom. The fourth-order valence-electron chi connectivity index (χ4n) is 1.49. The van der Waals surface area contributed by atoms with Crippen LogP contribution in [0.3, 0.4) is 0 Å². The van der Waals surface area contributed by atoms with Gasteiger partial charge in [-0.2, -0.15) is 0 Å². The molecule has 5 nitrogen and oxygen atoms in total. The summed E-state index contributed by atoms with van der Waals surface area (Å²) in [4.78, 5) is 4.25. The van der Waals surface area contributed by atoms with E-state index < -0.39 is 0 Å². The summed E-state index contributed by atoms with van der Waals surface area (Å²) in [6.45, 7) is 0. The summed E-state index contributed by atoms with van der Waals surface area (Å²) < 4.78 is 1.90. The molecule has 0 saturated heterocycles. The van der Waals surface area contributed by atoms with Gasteiger partial charge >= 0.3 is 0 Å². The molecule has 88 valence electrons. The maximum atomic E-state index is 5.90. The SMILES string of the molecule is Clc1ccnc(CSc2nnnn2C2CC2)c1. The molecule has 3 rings (SSSR count). The first kappa shape index (κ1) is 11.0. The van der Waals surface area contributed by atoms with Crippen molar-refractivity contribution in [3.63, 3.8) is 0 Å². The van der Waals surface area contributed by atoms with Gasteiger partial charge in [-0.3, -0.25) is 4.98 Å². The highest BCUT2D eigenvalue weighted by Crippen LogP contribution is 2.36. The van der Waals surface area contributed by atoms with Crippen LogP contribution < -0.4 is 0 Å². The molecule has 17 heavy (non-hydrogen) atoms. The van der Waals surface area contributed by atoms with Crippen molar-refractivity contribution < 1.29 is 0 Å². The molecule has 1 fully saturated rings. The molecule has 0 aromatic carbocycles. The van der Waals surface area contributed by atoms with Gasteiger partial charge in [-0.1, -0.05) is 23.4 Å². The number of aromatic nitrogens is 5. The lowest BCUT2D eigenvalue weighted by molar-refractivity contribution is 0.565. The summed E-state index contributed by atoms with van der Waals surface area (Å²) in [6.07, 6.45) is 4.06. The molecule has 1 aliphatic carbocycles. The van der Waals surface area contributed by atoms with Crippen LogP contribution in [-0.4, -0.2) is 25.2 Å². The Kier molecular flexibility index (Phi) is 2.98. The van der Waals surface area contributed by atoms with Crippen molar-refractivity contribution in [2.24, 2.45) is 0 Å². The van der Waals surface area contributed by atoms with Crippen LogP contribution in [0.5, 0.6) is 0 Å². The van der Waals surface area contributed by atoms with E-state index in [-0.39, 0.29) is 0 Å². The van der Waals surface area contributed by atoms with Gasteiger partial charge in [-0.25, -0.2) is 4.68 Å². The summed E-state index contributed by atoms with van der Waals surface area (Å²) in [6, 6.07) is 4.13. The quantitative estimate of drug-likeness (QED) is 0.796. The molecule has 0 atom stereocenters. The third kappa shape index (κ3) is 2.58. The standard InChI is InChI=1S/C10H10ClN5S/c11-7-3-4-12-8(5-7)6-17-10-13-14-15-16(10)9-1-2-9/h3-5,9H,1-2,6H2. The zero-order valence-electron chi connectivity index (χ0n) is 8.95. The highest BCUT2D eigenvalue weighted by molar-refractivity contribution is 7.98. The summed E-state index contributed by atoms with van der Waals surface area (Å²) in [5, 5.41) is 13.3. The van der Waals surface area contributed by atoms with Crippen molar-refractivity contribution in [1.82, 2.24) is 25.2 Å². The van der Waals surface area contributed by atoms with E-state index in [0.29, 0.717) is 11.1 Å². The van der Waals surface area contributed by atoms with Crippen molar-refractivity contribution in [3.05, 3.63) is 29.0 Å². The van der Waals surface area contributed by atoms with E-state index in [1.165, 1.54) is 12.8 Å². The average molecular weight is 268 g/mol. The lowest BCUT2D eigenvalue weighted by Crippen LogP contribution is -1.99. The number of rotatable bonds is 4. The molecule has 0 N–H and O–H groups in total. The molecule has 2 aromatic rings. The monoisotopic (exact) mass is 267 g/mol. The highest BCUT2D eigenvalue weighted by Gasteiger charge is 2.27. The third-order valence-corrected chi connectivity index (χ3v) is 3.69. The number of hydrogen-bond acceptors (Lipinski definition) is 5. The summed E-state index contributed by atoms with van der Waals surface area (Å²) in [7, 11) is 0. The lowest BCUT2D eigenvalue weighted by atomic mass is 10.4. The largest absolute Gasteiger partial charge is 0.260 e. The molecule has 2 heterocycles. The zero-order valence-corrected chi connectivity index (χ0v) is 10.5. The minimum absolute atomic E-state index is 0.500. The van der Waals surface area contributed by atoms with E-state index in [2.05, 4.69) is 20.5 Å². The molecule has 0 radical (unpaired) electrons. The number of pyridine rings is 1. The molecular formula is C10H10ClN5S. The van der Waals surface area contributed by atoms with Crippen molar-refractivity contribution >= 4 is 23.4 Å². The Balaban J connectivity index is 1.69. The first-order valence-electron chi connectivity index (χ1n) is 5.34. The van der Waals surface area contributed by atoms with Gasteiger partial charge in [-0.15, -0.1) is 5.10 Å². The number of nitrogens with zero attached hydrogens (tertiary/aromatic N) is 5. The van der Waals surface area contributed by atoms with Gasteiger partial charge in [0.2, 0.25) is 5.16 Å². The van der Waals surface area contributed by atoms with Crippen molar-refractivity contribution in [2.45, 2.75) is 29.8 Å². The van der Waals surface area contributed by atoms with Crippen LogP contribution in [0.15, 0.2) is 23.5 Å². The van der Waals surface area contributed by atoms with E-state index in [1.807, 2.05) is 10.7 Å². The minimum atomic E-state index is 0.500. The Morgan fingerprint density at radius 3 is 3.12 bits per heavy atom. The summed E-state index contributed by atoms with van der Waals surface area (Å²) in [5.41, 5.74) is 0.938. The smallest absolute Gasteiger partial charge is 0.209 e. The average Bonchev–Trinajstić information content (AvgIpc) is 3.06. The molecule has 0 aliphatic heterocycles. The van der Waals surface area contributed by atoms with Gasteiger partial charge in [0.1, 0.15) is 0 Å². The van der Waals surface area contributed by atoms with Gasteiger partial charge in [0.15, 0.2) is 0 Å². The number of tetrazole rings is 1. The van der Waals surface area contributed by atoms with Crippen LogP contribution in [0.25, 0.3) is 0 Å². The zero-order chi connectivity index (χ0) is 11.7. The molecule has 0 bridgehead atoms. The topological polar surface area (TPSA) is 56.5 Å². The molecule has 0 amide bonds. The molecule has 1 aliphatic rings. The van der Waals surface area contributed by atoms with Gasteiger partial charge in [-0.05, 0) is 35.4 Å². The number of thioether (sulfide) groups is 1. The van der Waals surface area contributed by atoms with Gasteiger partial charge in [0, 0.05) is 17.0 Å². The van der Waals surface area contributed by atoms with E-state index in [4.69, 9.17) is 11.6 Å². The summed E-state index contributed by atoms with van der Waals surface area (Å²) in [5.74, 6) is 0.730. The third-order valence-electron chi connectivity index (χ3n) is 2.48. The minimum Gasteiger partial charge on any atom is -0.260 e. The normalized spacial score (nSPS) is 15.1. The van der Waals surface area contributed by atoms with E-state index in [9.17, 15) is 0 Å². The van der Waals surface area contributed by atoms with Crippen LogP contribution in [-0.2, 0) is 5.75 Å². The molecule has 0 unspecified atom stereocenters. The predicted octanol–water partition coefficient (Wildman–Crippen LogP) is 2.35. The van der Waals surface area contributed by atoms with Crippen molar-refractivity contribution in [2.75, 3.05) is 0 Å². The van der Waals surface area contributed by atoms with E-state index in [1.54, 1.807) is 24.0 Å². The maximum Gasteiger partial charge on any atom is 0.209 e. The van der Waals surface area contributed by atoms with Crippen LogP contribution in [0.2, 0.25) is 5.02 Å². The predicted molar refractivity (Wildman–Crippen MR) is 64.9 cm³/mol. The first-order chi connectivity index (χ1) is 8.33. The van der Waals surface area contributed by atoms with Gasteiger partial charge < -0.3 is 0 Å². The fourth-order valence-corrected chi connectivity index (χ4v) is 2.52. The Bertz CT molecular complexity index is 525.